The number of carbonyl (C=O) groups excluding carboxylic acids is 1. The number of imidazole rings is 1. The number of rotatable bonds is 1. The van der Waals surface area contributed by atoms with Crippen molar-refractivity contribution in [3.63, 3.8) is 0 Å². The van der Waals surface area contributed by atoms with Crippen LogP contribution in [0.15, 0.2) is 17.1 Å². The molecule has 0 aromatic carbocycles. The molecular formula is C10H11N3O3. The maximum absolute atomic E-state index is 11.8. The molecule has 0 atom stereocenters. The molecule has 0 aliphatic heterocycles. The van der Waals surface area contributed by atoms with Crippen LogP contribution in [0.3, 0.4) is 0 Å². The Labute approximate surface area is 91.1 Å². The van der Waals surface area contributed by atoms with Crippen LogP contribution in [0.5, 0.6) is 5.88 Å². The molecule has 84 valence electrons. The summed E-state index contributed by atoms with van der Waals surface area (Å²) in [5.74, 6) is -0.292. The summed E-state index contributed by atoms with van der Waals surface area (Å²) in [4.78, 5) is 26.9. The number of aromatic nitrogens is 3. The topological polar surface area (TPSA) is 65.6 Å². The molecule has 2 aromatic heterocycles. The average Bonchev–Trinajstić information content (AvgIpc) is 2.50. The first-order valence-electron chi connectivity index (χ1n) is 4.74. The first kappa shape index (κ1) is 10.4. The highest BCUT2D eigenvalue weighted by Crippen LogP contribution is 2.17. The predicted octanol–water partition coefficient (Wildman–Crippen LogP) is 0.267. The van der Waals surface area contributed by atoms with Crippen molar-refractivity contribution in [2.45, 2.75) is 13.8 Å². The summed E-state index contributed by atoms with van der Waals surface area (Å²) < 4.78 is 7.65. The second-order valence-corrected chi connectivity index (χ2v) is 3.50. The molecule has 16 heavy (non-hydrogen) atoms. The number of fused-ring (bicyclic) bond motifs is 1. The summed E-state index contributed by atoms with van der Waals surface area (Å²) in [7, 11) is 1.62. The first-order valence-corrected chi connectivity index (χ1v) is 4.74. The van der Waals surface area contributed by atoms with Gasteiger partial charge < -0.3 is 9.30 Å². The Morgan fingerprint density at radius 2 is 2.19 bits per heavy atom. The molecule has 0 saturated heterocycles. The second-order valence-electron chi connectivity index (χ2n) is 3.50. The summed E-state index contributed by atoms with van der Waals surface area (Å²) in [5.41, 5.74) is 0.685. The van der Waals surface area contributed by atoms with Gasteiger partial charge in [0.15, 0.2) is 0 Å². The highest BCUT2D eigenvalue weighted by Gasteiger charge is 2.14. The van der Waals surface area contributed by atoms with Crippen molar-refractivity contribution in [1.82, 2.24) is 14.0 Å². The van der Waals surface area contributed by atoms with Crippen LogP contribution in [0, 0.1) is 6.92 Å². The molecule has 0 spiro atoms. The van der Waals surface area contributed by atoms with Crippen molar-refractivity contribution in [3.8, 4) is 5.88 Å². The SMILES string of the molecule is CC(=O)Oc1c(C)nc2ccn(C)c(=O)n12. The third kappa shape index (κ3) is 1.48. The first-order chi connectivity index (χ1) is 7.50. The van der Waals surface area contributed by atoms with E-state index in [1.54, 1.807) is 26.2 Å². The maximum Gasteiger partial charge on any atom is 0.336 e. The number of ether oxygens (including phenoxy) is 1. The van der Waals surface area contributed by atoms with Gasteiger partial charge in [-0.1, -0.05) is 0 Å². The van der Waals surface area contributed by atoms with E-state index in [0.717, 1.165) is 0 Å². The van der Waals surface area contributed by atoms with Crippen LogP contribution in [0.2, 0.25) is 0 Å². The highest BCUT2D eigenvalue weighted by molar-refractivity contribution is 5.69. The number of hydrogen-bond acceptors (Lipinski definition) is 4. The smallest absolute Gasteiger partial charge is 0.336 e. The molecule has 0 aliphatic rings. The minimum Gasteiger partial charge on any atom is -0.407 e. The zero-order chi connectivity index (χ0) is 11.9. The zero-order valence-electron chi connectivity index (χ0n) is 9.22. The molecular weight excluding hydrogens is 210 g/mol. The lowest BCUT2D eigenvalue weighted by Gasteiger charge is -2.02. The summed E-state index contributed by atoms with van der Waals surface area (Å²) in [6, 6.07) is 1.68. The van der Waals surface area contributed by atoms with Gasteiger partial charge in [-0.3, -0.25) is 4.79 Å². The lowest BCUT2D eigenvalue weighted by molar-refractivity contribution is -0.132. The zero-order valence-corrected chi connectivity index (χ0v) is 9.22. The van der Waals surface area contributed by atoms with Crippen LogP contribution in [0.25, 0.3) is 5.65 Å². The van der Waals surface area contributed by atoms with Crippen LogP contribution in [-0.4, -0.2) is 19.9 Å². The minimum absolute atomic E-state index is 0.184. The largest absolute Gasteiger partial charge is 0.407 e. The molecule has 0 N–H and O–H groups in total. The highest BCUT2D eigenvalue weighted by atomic mass is 16.5. The number of carbonyl (C=O) groups is 1. The molecule has 0 bridgehead atoms. The van der Waals surface area contributed by atoms with Gasteiger partial charge >= 0.3 is 11.7 Å². The van der Waals surface area contributed by atoms with Crippen LogP contribution < -0.4 is 10.4 Å². The van der Waals surface area contributed by atoms with Gasteiger partial charge in [-0.25, -0.2) is 14.2 Å². The third-order valence-corrected chi connectivity index (χ3v) is 2.20. The standard InChI is InChI=1S/C10H11N3O3/c1-6-9(16-7(2)14)13-8(11-6)4-5-12(3)10(13)15/h4-5H,1-3H3. The maximum atomic E-state index is 11.8. The van der Waals surface area contributed by atoms with E-state index in [9.17, 15) is 9.59 Å². The van der Waals surface area contributed by atoms with Gasteiger partial charge in [-0.15, -0.1) is 0 Å². The Morgan fingerprint density at radius 1 is 1.50 bits per heavy atom. The quantitative estimate of drug-likeness (QED) is 0.648. The van der Waals surface area contributed by atoms with Gasteiger partial charge in [0, 0.05) is 20.2 Å². The average molecular weight is 221 g/mol. The van der Waals surface area contributed by atoms with Crippen LogP contribution in [0.4, 0.5) is 0 Å². The molecule has 2 rings (SSSR count). The summed E-state index contributed by atoms with van der Waals surface area (Å²) >= 11 is 0. The fourth-order valence-electron chi connectivity index (χ4n) is 1.49. The van der Waals surface area contributed by atoms with Gasteiger partial charge in [0.05, 0.1) is 0 Å². The van der Waals surface area contributed by atoms with E-state index < -0.39 is 5.97 Å². The van der Waals surface area contributed by atoms with Gasteiger partial charge in [0.2, 0.25) is 5.88 Å². The van der Waals surface area contributed by atoms with E-state index in [1.165, 1.54) is 15.9 Å². The van der Waals surface area contributed by atoms with Gasteiger partial charge in [0.1, 0.15) is 11.3 Å². The van der Waals surface area contributed by atoms with E-state index in [2.05, 4.69) is 4.98 Å². The lowest BCUT2D eigenvalue weighted by Crippen LogP contribution is -2.24. The molecule has 6 nitrogen and oxygen atoms in total. The minimum atomic E-state index is -0.476. The molecule has 2 heterocycles. The summed E-state index contributed by atoms with van der Waals surface area (Å²) in [5, 5.41) is 0. The normalized spacial score (nSPS) is 10.7. The molecule has 6 heteroatoms. The summed E-state index contributed by atoms with van der Waals surface area (Å²) in [6.07, 6.45) is 1.61. The van der Waals surface area contributed by atoms with Gasteiger partial charge in [0.25, 0.3) is 0 Å². The fraction of sp³-hybridized carbons (Fsp3) is 0.300. The lowest BCUT2D eigenvalue weighted by atomic mass is 10.5. The molecule has 0 unspecified atom stereocenters. The van der Waals surface area contributed by atoms with E-state index in [4.69, 9.17) is 4.74 Å². The molecule has 0 saturated carbocycles. The Balaban J connectivity index is 2.81. The third-order valence-electron chi connectivity index (χ3n) is 2.20. The molecule has 0 aliphatic carbocycles. The second kappa shape index (κ2) is 3.48. The predicted molar refractivity (Wildman–Crippen MR) is 56.5 cm³/mol. The van der Waals surface area contributed by atoms with Crippen molar-refractivity contribution in [2.75, 3.05) is 0 Å². The monoisotopic (exact) mass is 221 g/mol. The van der Waals surface area contributed by atoms with Crippen molar-refractivity contribution < 1.29 is 9.53 Å². The van der Waals surface area contributed by atoms with E-state index in [1.807, 2.05) is 0 Å². The van der Waals surface area contributed by atoms with Crippen molar-refractivity contribution in [2.24, 2.45) is 7.05 Å². The van der Waals surface area contributed by atoms with E-state index in [-0.39, 0.29) is 11.6 Å². The molecule has 0 fully saturated rings. The van der Waals surface area contributed by atoms with Crippen molar-refractivity contribution >= 4 is 11.6 Å². The Kier molecular flexibility index (Phi) is 2.26. The van der Waals surface area contributed by atoms with Crippen LogP contribution in [0.1, 0.15) is 12.6 Å². The fourth-order valence-corrected chi connectivity index (χ4v) is 1.49. The van der Waals surface area contributed by atoms with Gasteiger partial charge in [-0.05, 0) is 13.0 Å². The van der Waals surface area contributed by atoms with E-state index in [0.29, 0.717) is 11.3 Å². The summed E-state index contributed by atoms with van der Waals surface area (Å²) in [6.45, 7) is 2.97. The Hall–Kier alpha value is -2.11. The number of nitrogens with zero attached hydrogens (tertiary/aromatic N) is 3. The number of esters is 1. The Bertz CT molecular complexity index is 624. The van der Waals surface area contributed by atoms with Crippen LogP contribution >= 0.6 is 0 Å². The van der Waals surface area contributed by atoms with E-state index >= 15 is 0 Å². The molecule has 2 aromatic rings. The number of hydrogen-bond donors (Lipinski definition) is 0. The molecule has 0 radical (unpaired) electrons. The van der Waals surface area contributed by atoms with Crippen molar-refractivity contribution in [3.05, 3.63) is 28.4 Å². The Morgan fingerprint density at radius 3 is 2.81 bits per heavy atom. The van der Waals surface area contributed by atoms with Crippen LogP contribution in [-0.2, 0) is 11.8 Å². The number of aryl methyl sites for hydroxylation is 2. The molecule has 0 amide bonds. The van der Waals surface area contributed by atoms with Crippen molar-refractivity contribution in [1.29, 1.82) is 0 Å². The van der Waals surface area contributed by atoms with Gasteiger partial charge in [-0.2, -0.15) is 0 Å².